The maximum Gasteiger partial charge on any atom is 0.161 e. The molecule has 0 N–H and O–H groups in total. The number of thiophene rings is 1. The molecule has 0 bridgehead atoms. The summed E-state index contributed by atoms with van der Waals surface area (Å²) in [7, 11) is 0. The van der Waals surface area contributed by atoms with E-state index in [4.69, 9.17) is 14.4 Å². The van der Waals surface area contributed by atoms with Crippen molar-refractivity contribution in [2.45, 2.75) is 0 Å². The summed E-state index contributed by atoms with van der Waals surface area (Å²) >= 11 is 1.76. The first kappa shape index (κ1) is 32.5. The van der Waals surface area contributed by atoms with Crippen molar-refractivity contribution in [3.8, 4) is 39.5 Å². The first-order chi connectivity index (χ1) is 29.2. The van der Waals surface area contributed by atoms with Gasteiger partial charge in [-0.1, -0.05) is 140 Å². The minimum atomic E-state index is 0.679. The van der Waals surface area contributed by atoms with E-state index in [-0.39, 0.29) is 0 Å². The Bertz CT molecular complexity index is 3860. The third kappa shape index (κ3) is 4.83. The van der Waals surface area contributed by atoms with Gasteiger partial charge in [0.25, 0.3) is 0 Å². The summed E-state index contributed by atoms with van der Waals surface area (Å²) in [5.74, 6) is 0.679. The Morgan fingerprint density at radius 3 is 2.10 bits per heavy atom. The maximum absolute atomic E-state index is 6.64. The molecule has 0 unspecified atom stereocenters. The molecule has 4 heterocycles. The highest BCUT2D eigenvalue weighted by atomic mass is 32.1. The van der Waals surface area contributed by atoms with Crippen LogP contribution in [0.5, 0.6) is 0 Å². The first-order valence-electron chi connectivity index (χ1n) is 19.9. The lowest BCUT2D eigenvalue weighted by Gasteiger charge is -2.12. The summed E-state index contributed by atoms with van der Waals surface area (Å²) in [6.07, 6.45) is 0. The first-order valence-corrected chi connectivity index (χ1v) is 20.7. The molecule has 0 saturated heterocycles. The zero-order valence-corrected chi connectivity index (χ0v) is 32.4. The molecular weight excluding hydrogens is 739 g/mol. The topological polar surface area (TPSA) is 43.9 Å². The fourth-order valence-electron chi connectivity index (χ4n) is 9.35. The van der Waals surface area contributed by atoms with Crippen molar-refractivity contribution in [3.63, 3.8) is 0 Å². The number of nitrogens with zero attached hydrogens (tertiary/aromatic N) is 3. The van der Waals surface area contributed by atoms with E-state index in [0.717, 1.165) is 71.1 Å². The molecule has 0 atom stereocenters. The van der Waals surface area contributed by atoms with Crippen molar-refractivity contribution in [2.24, 2.45) is 0 Å². The lowest BCUT2D eigenvalue weighted by atomic mass is 9.95. The van der Waals surface area contributed by atoms with Gasteiger partial charge in [0.2, 0.25) is 0 Å². The monoisotopic (exact) mass is 769 g/mol. The third-order valence-corrected chi connectivity index (χ3v) is 13.2. The quantitative estimate of drug-likeness (QED) is 0.179. The van der Waals surface area contributed by atoms with Crippen LogP contribution in [0.25, 0.3) is 125 Å². The Morgan fingerprint density at radius 2 is 1.20 bits per heavy atom. The molecule has 0 radical (unpaired) electrons. The molecule has 0 aliphatic rings. The summed E-state index contributed by atoms with van der Waals surface area (Å²) < 4.78 is 11.3. The normalized spacial score (nSPS) is 12.1. The molecule has 274 valence electrons. The predicted octanol–water partition coefficient (Wildman–Crippen LogP) is 15.1. The molecule has 5 heteroatoms. The smallest absolute Gasteiger partial charge is 0.161 e. The molecule has 59 heavy (non-hydrogen) atoms. The number of hydrogen-bond donors (Lipinski definition) is 0. The van der Waals surface area contributed by atoms with Crippen molar-refractivity contribution >= 4 is 96.9 Å². The number of aromatic nitrogens is 3. The predicted molar refractivity (Wildman–Crippen MR) is 248 cm³/mol. The molecule has 0 saturated carbocycles. The lowest BCUT2D eigenvalue weighted by molar-refractivity contribution is 0.669. The van der Waals surface area contributed by atoms with Crippen molar-refractivity contribution in [2.75, 3.05) is 0 Å². The molecule has 13 aromatic rings. The summed E-state index contributed by atoms with van der Waals surface area (Å²) in [5.41, 5.74) is 11.3. The van der Waals surface area contributed by atoms with Gasteiger partial charge >= 0.3 is 0 Å². The Morgan fingerprint density at radius 1 is 0.441 bits per heavy atom. The van der Waals surface area contributed by atoms with Gasteiger partial charge in [-0.05, 0) is 81.2 Å². The second-order valence-electron chi connectivity index (χ2n) is 15.3. The van der Waals surface area contributed by atoms with E-state index < -0.39 is 0 Å². The summed E-state index contributed by atoms with van der Waals surface area (Å²) in [6, 6.07) is 67.2. The zero-order chi connectivity index (χ0) is 38.6. The van der Waals surface area contributed by atoms with Gasteiger partial charge in [0, 0.05) is 48.4 Å². The Balaban J connectivity index is 1.08. The zero-order valence-electron chi connectivity index (χ0n) is 31.6. The van der Waals surface area contributed by atoms with E-state index in [1.54, 1.807) is 11.3 Å². The number of para-hydroxylation sites is 1. The fourth-order valence-corrected chi connectivity index (χ4v) is 10.5. The van der Waals surface area contributed by atoms with Crippen LogP contribution in [0, 0.1) is 0 Å². The van der Waals surface area contributed by atoms with Crippen LogP contribution in [-0.4, -0.2) is 14.5 Å². The molecule has 0 fully saturated rings. The minimum absolute atomic E-state index is 0.679. The summed E-state index contributed by atoms with van der Waals surface area (Å²) in [5, 5.41) is 10.5. The second-order valence-corrected chi connectivity index (χ2v) is 16.3. The number of furan rings is 1. The van der Waals surface area contributed by atoms with E-state index in [2.05, 4.69) is 193 Å². The highest BCUT2D eigenvalue weighted by Gasteiger charge is 2.22. The molecule has 9 aromatic carbocycles. The number of rotatable bonds is 4. The highest BCUT2D eigenvalue weighted by Crippen LogP contribution is 2.45. The average Bonchev–Trinajstić information content (AvgIpc) is 3.98. The number of benzene rings is 9. The van der Waals surface area contributed by atoms with Crippen LogP contribution in [0.2, 0.25) is 0 Å². The molecule has 4 nitrogen and oxygen atoms in total. The van der Waals surface area contributed by atoms with E-state index in [1.807, 2.05) is 0 Å². The number of fused-ring (bicyclic) bond motifs is 12. The van der Waals surface area contributed by atoms with Crippen molar-refractivity contribution in [1.29, 1.82) is 0 Å². The van der Waals surface area contributed by atoms with E-state index in [9.17, 15) is 0 Å². The van der Waals surface area contributed by atoms with Crippen LogP contribution >= 0.6 is 11.3 Å². The molecule has 0 amide bonds. The lowest BCUT2D eigenvalue weighted by Crippen LogP contribution is -1.95. The average molecular weight is 770 g/mol. The van der Waals surface area contributed by atoms with Gasteiger partial charge in [-0.3, -0.25) is 0 Å². The van der Waals surface area contributed by atoms with Gasteiger partial charge in [-0.2, -0.15) is 0 Å². The Labute approximate surface area is 341 Å². The minimum Gasteiger partial charge on any atom is -0.456 e. The van der Waals surface area contributed by atoms with Gasteiger partial charge in [0.15, 0.2) is 5.82 Å². The SMILES string of the molecule is c1ccc(-c2cc3c(c4ccccc24)c2ccccc2n3-c2ccc3oc4cccc(-c5nc(-c6ccc7ccccc7c6)c6sc7ccccc7c6n5)c4c3c2)cc1. The molecule has 0 spiro atoms. The van der Waals surface area contributed by atoms with Crippen molar-refractivity contribution in [3.05, 3.63) is 188 Å². The van der Waals surface area contributed by atoms with Crippen LogP contribution in [0.1, 0.15) is 0 Å². The fraction of sp³-hybridized carbons (Fsp3) is 0. The van der Waals surface area contributed by atoms with E-state index >= 15 is 0 Å². The van der Waals surface area contributed by atoms with Crippen molar-refractivity contribution < 1.29 is 4.42 Å². The second kappa shape index (κ2) is 12.4. The molecule has 4 aromatic heterocycles. The van der Waals surface area contributed by atoms with E-state index in [0.29, 0.717) is 5.82 Å². The summed E-state index contributed by atoms with van der Waals surface area (Å²) in [4.78, 5) is 10.8. The van der Waals surface area contributed by atoms with Gasteiger partial charge in [-0.25, -0.2) is 9.97 Å². The Hall–Kier alpha value is -7.60. The standard InChI is InChI=1S/C54H31N3OS/c1-2-14-33(15-3-1)42-31-45-49(38-18-7-6-17-37(38)42)39-19-8-10-22-44(39)57(45)36-27-28-46-43(30-36)50-41(21-12-23-47(50)58-46)54-55-51(35-26-25-32-13-4-5-16-34(32)29-35)53-52(56-54)40-20-9-11-24-48(40)59-53/h1-31H. The van der Waals surface area contributed by atoms with Gasteiger partial charge in [0.1, 0.15) is 11.2 Å². The van der Waals surface area contributed by atoms with Crippen LogP contribution in [0.4, 0.5) is 0 Å². The van der Waals surface area contributed by atoms with Crippen LogP contribution in [0.3, 0.4) is 0 Å². The third-order valence-electron chi connectivity index (χ3n) is 12.0. The van der Waals surface area contributed by atoms with Gasteiger partial charge in [0.05, 0.1) is 26.9 Å². The molecule has 0 aliphatic heterocycles. The van der Waals surface area contributed by atoms with Crippen LogP contribution < -0.4 is 0 Å². The Kier molecular flexibility index (Phi) is 6.85. The van der Waals surface area contributed by atoms with Crippen LogP contribution in [-0.2, 0) is 0 Å². The number of hydrogen-bond acceptors (Lipinski definition) is 4. The molecule has 0 aliphatic carbocycles. The molecule has 13 rings (SSSR count). The molecular formula is C54H31N3OS. The van der Waals surface area contributed by atoms with Crippen LogP contribution in [0.15, 0.2) is 192 Å². The highest BCUT2D eigenvalue weighted by molar-refractivity contribution is 7.26. The van der Waals surface area contributed by atoms with Gasteiger partial charge < -0.3 is 8.98 Å². The van der Waals surface area contributed by atoms with Crippen molar-refractivity contribution in [1.82, 2.24) is 14.5 Å². The largest absolute Gasteiger partial charge is 0.456 e. The van der Waals surface area contributed by atoms with E-state index in [1.165, 1.54) is 48.1 Å². The summed E-state index contributed by atoms with van der Waals surface area (Å²) in [6.45, 7) is 0. The maximum atomic E-state index is 6.64. The van der Waals surface area contributed by atoms with Gasteiger partial charge in [-0.15, -0.1) is 11.3 Å².